The lowest BCUT2D eigenvalue weighted by molar-refractivity contribution is -0.172. The SMILES string of the molecule is CC[C@@]1(O)C(=O)OCc2c1cc1n(c2=O)Cc2c-1nc1ccccc1c2CCN(C(=O)OCc1ccc(NC(=O)[C@H](C)NC(=O)[C@@H](NC(=O)CCCCCN2C(=O)CC(S)C2=O)C(C)C)cc1CN(C)C(=O)CN(C)C(=O)CN(C)C(=O)CN(C)C(=O)CN(C)C(=O)CN(C)C(=O)CN(C)C(=O)CN(C)C(=O)CN(C)C(=O)CN(C)C(=O)CN(C)C(C)=O)C(C)C. The maximum Gasteiger partial charge on any atom is 0.410 e. The average molecular weight is 1780 g/mol. The first-order chi connectivity index (χ1) is 59.1. The van der Waals surface area contributed by atoms with Crippen molar-refractivity contribution in [3.8, 4) is 11.4 Å². The Kier molecular flexibility index (Phi) is 35.5. The number of unbranched alkanes of at least 4 members (excludes halogenated alkanes) is 2. The molecule has 2 aromatic carbocycles. The summed E-state index contributed by atoms with van der Waals surface area (Å²) in [5, 5.41) is 19.9. The third-order valence-electron chi connectivity index (χ3n) is 22.4. The number of likely N-dealkylation sites (N-methyl/N-ethyl adjacent to an activating group) is 11. The second-order valence-electron chi connectivity index (χ2n) is 32.9. The number of esters is 1. The van der Waals surface area contributed by atoms with Crippen LogP contribution < -0.4 is 21.5 Å². The van der Waals surface area contributed by atoms with Gasteiger partial charge in [-0.3, -0.25) is 86.4 Å². The molecule has 4 atom stereocenters. The van der Waals surface area contributed by atoms with Gasteiger partial charge in [0.2, 0.25) is 94.5 Å². The average Bonchev–Trinajstić information content (AvgIpc) is 1.54. The molecule has 0 radical (unpaired) electrons. The number of hydrogen-bond acceptors (Lipinski definition) is 24. The Morgan fingerprint density at radius 3 is 1.52 bits per heavy atom. The van der Waals surface area contributed by atoms with Crippen LogP contribution in [0.2, 0.25) is 0 Å². The fraction of sp³-hybridized carbons (Fsp3) is 0.553. The number of carbonyl (C=O) groups is 18. The minimum atomic E-state index is -2.05. The number of amides is 17. The summed E-state index contributed by atoms with van der Waals surface area (Å²) in [4.78, 5) is 271. The molecule has 0 saturated carbocycles. The van der Waals surface area contributed by atoms with Gasteiger partial charge in [0.15, 0.2) is 5.60 Å². The van der Waals surface area contributed by atoms with Crippen molar-refractivity contribution < 1.29 is 101 Å². The fourth-order valence-electron chi connectivity index (χ4n) is 13.9. The predicted octanol–water partition coefficient (Wildman–Crippen LogP) is -0.567. The first-order valence-corrected chi connectivity index (χ1v) is 41.8. The number of nitrogens with one attached hydrogen (secondary N) is 3. The summed E-state index contributed by atoms with van der Waals surface area (Å²) in [6.45, 7) is 6.13. The molecule has 3 aliphatic rings. The van der Waals surface area contributed by atoms with Crippen LogP contribution in [0.5, 0.6) is 0 Å². The Balaban J connectivity index is 0.955. The highest BCUT2D eigenvalue weighted by Crippen LogP contribution is 2.41. The van der Waals surface area contributed by atoms with Crippen molar-refractivity contribution in [2.24, 2.45) is 5.92 Å². The van der Waals surface area contributed by atoms with Crippen molar-refractivity contribution in [3.05, 3.63) is 92.3 Å². The van der Waals surface area contributed by atoms with Gasteiger partial charge >= 0.3 is 12.1 Å². The van der Waals surface area contributed by atoms with Gasteiger partial charge in [0, 0.05) is 145 Å². The number of likely N-dealkylation sites (tertiary alicyclic amines) is 1. The molecule has 0 aliphatic carbocycles. The van der Waals surface area contributed by atoms with Crippen LogP contribution >= 0.6 is 12.6 Å². The molecule has 41 heteroatoms. The van der Waals surface area contributed by atoms with Crippen molar-refractivity contribution in [2.45, 2.75) is 149 Å². The molecule has 0 bridgehead atoms. The van der Waals surface area contributed by atoms with E-state index in [0.717, 1.165) is 55.0 Å². The Labute approximate surface area is 736 Å². The minimum Gasteiger partial charge on any atom is -0.458 e. The standard InChI is InChI=1S/C85H118N18O22S/c1-19-85(123)61-34-63-78-59(37-103(63)81(119)60(61)49-124-83(85)121)57(58-25-22-23-26-62(58)88-78)30-32-101(51(4)5)84(122)125-48-54-28-29-56(87-79(117)52(6)86-80(118)77(50(2)3)89-65(105)27-21-20-24-31-102-66(106)35-64(126)82(102)120)33-55(54)36-91(9)68(108)39-93(11)70(110)41-95(13)72(112)43-97(15)74(114)45-99(17)76(116)47-100(18)75(115)46-98(16)73(113)44-96(14)71(111)42-94(12)69(109)40-92(10)67(107)38-90(8)53(7)104/h22-23,25-26,28-29,33-34,50-52,64,77,123,126H,19-21,24,27,30-32,35-49H2,1-18H3,(H,86,118)(H,87,117)(H,89,105)/t52-,64?,77-,85-/m0/s1. The summed E-state index contributed by atoms with van der Waals surface area (Å²) in [5.41, 5.74) is 1.73. The summed E-state index contributed by atoms with van der Waals surface area (Å²) >= 11 is 4.16. The zero-order valence-electron chi connectivity index (χ0n) is 74.9. The summed E-state index contributed by atoms with van der Waals surface area (Å²) in [6, 6.07) is 11.0. The highest BCUT2D eigenvalue weighted by molar-refractivity contribution is 7.81. The highest BCUT2D eigenvalue weighted by atomic mass is 32.1. The second kappa shape index (κ2) is 44.4. The summed E-state index contributed by atoms with van der Waals surface area (Å²) in [5.74, 6) is -10.5. The van der Waals surface area contributed by atoms with Crippen LogP contribution in [-0.2, 0) is 129 Å². The number of pyridine rings is 2. The zero-order valence-corrected chi connectivity index (χ0v) is 75.8. The van der Waals surface area contributed by atoms with E-state index in [2.05, 4.69) is 28.6 Å². The molecule has 7 rings (SSSR count). The maximum atomic E-state index is 14.5. The quantitative estimate of drug-likeness (QED) is 0.0142. The molecule has 17 amide bonds. The fourth-order valence-corrected chi connectivity index (χ4v) is 14.2. The van der Waals surface area contributed by atoms with Crippen LogP contribution in [0.3, 0.4) is 0 Å². The lowest BCUT2D eigenvalue weighted by atomic mass is 9.86. The molecule has 1 fully saturated rings. The van der Waals surface area contributed by atoms with E-state index in [1.165, 1.54) is 117 Å². The smallest absolute Gasteiger partial charge is 0.410 e. The number of hydrogen-bond donors (Lipinski definition) is 5. The van der Waals surface area contributed by atoms with E-state index in [1.54, 1.807) is 57.4 Å². The van der Waals surface area contributed by atoms with Crippen molar-refractivity contribution in [1.82, 2.24) is 83.9 Å². The predicted molar refractivity (Wildman–Crippen MR) is 461 cm³/mol. The van der Waals surface area contributed by atoms with Gasteiger partial charge in [-0.1, -0.05) is 51.5 Å². The number of nitrogens with zero attached hydrogens (tertiary/aromatic N) is 15. The lowest BCUT2D eigenvalue weighted by Gasteiger charge is -2.31. The van der Waals surface area contributed by atoms with E-state index in [4.69, 9.17) is 14.5 Å². The molecule has 126 heavy (non-hydrogen) atoms. The maximum absolute atomic E-state index is 14.5. The number of para-hydroxylation sites is 1. The van der Waals surface area contributed by atoms with Gasteiger partial charge in [-0.15, -0.1) is 0 Å². The molecule has 4 aromatic rings. The number of ether oxygens (including phenoxy) is 2. The number of benzene rings is 2. The van der Waals surface area contributed by atoms with E-state index in [0.29, 0.717) is 52.9 Å². The summed E-state index contributed by atoms with van der Waals surface area (Å²) in [7, 11) is 14.7. The largest absolute Gasteiger partial charge is 0.458 e. The van der Waals surface area contributed by atoms with Gasteiger partial charge in [-0.05, 0) is 93.3 Å². The monoisotopic (exact) mass is 1770 g/mol. The molecule has 1 saturated heterocycles. The van der Waals surface area contributed by atoms with E-state index >= 15 is 0 Å². The number of aromatic nitrogens is 2. The van der Waals surface area contributed by atoms with Crippen LogP contribution in [0.4, 0.5) is 10.5 Å². The molecule has 2 aromatic heterocycles. The zero-order chi connectivity index (χ0) is 94.0. The van der Waals surface area contributed by atoms with Gasteiger partial charge < -0.3 is 93.9 Å². The second-order valence-corrected chi connectivity index (χ2v) is 33.5. The van der Waals surface area contributed by atoms with Crippen molar-refractivity contribution in [1.29, 1.82) is 0 Å². The molecule has 1 unspecified atom stereocenters. The van der Waals surface area contributed by atoms with Crippen molar-refractivity contribution >= 4 is 136 Å². The molecule has 3 aliphatic heterocycles. The third-order valence-corrected chi connectivity index (χ3v) is 22.9. The minimum absolute atomic E-state index is 0.0339. The molecule has 4 N–H and O–H groups in total. The number of imide groups is 1. The van der Waals surface area contributed by atoms with Crippen LogP contribution in [-0.4, -0.2) is 364 Å². The molecule has 40 nitrogen and oxygen atoms in total. The van der Waals surface area contributed by atoms with Gasteiger partial charge in [0.25, 0.3) is 5.56 Å². The number of rotatable bonds is 41. The Morgan fingerprint density at radius 1 is 0.587 bits per heavy atom. The molecule has 0 spiro atoms. The topological polar surface area (TPSA) is 459 Å². The van der Waals surface area contributed by atoms with Crippen LogP contribution in [0, 0.1) is 5.92 Å². The first kappa shape index (κ1) is 101. The van der Waals surface area contributed by atoms with E-state index < -0.39 is 182 Å². The normalized spacial score (nSPS) is 14.7. The Hall–Kier alpha value is -12.4. The highest BCUT2D eigenvalue weighted by Gasteiger charge is 2.46. The Morgan fingerprint density at radius 2 is 1.06 bits per heavy atom. The van der Waals surface area contributed by atoms with Gasteiger partial charge in [-0.2, -0.15) is 12.6 Å². The number of aliphatic hydroxyl groups is 1. The molecule has 5 heterocycles. The summed E-state index contributed by atoms with van der Waals surface area (Å²) < 4.78 is 12.9. The first-order valence-electron chi connectivity index (χ1n) is 41.3. The number of anilines is 1. The molecular weight excluding hydrogens is 1660 g/mol. The van der Waals surface area contributed by atoms with Crippen LogP contribution in [0.1, 0.15) is 120 Å². The van der Waals surface area contributed by atoms with E-state index in [1.807, 2.05) is 24.3 Å². The third kappa shape index (κ3) is 25.9. The van der Waals surface area contributed by atoms with Gasteiger partial charge in [0.05, 0.1) is 99.7 Å². The molecular formula is C85H118N18O22S. The number of fused-ring (bicyclic) bond motifs is 5. The van der Waals surface area contributed by atoms with Gasteiger partial charge in [0.1, 0.15) is 25.3 Å². The number of carbonyl (C=O) groups excluding carboxylic acids is 18. The van der Waals surface area contributed by atoms with Gasteiger partial charge in [-0.25, -0.2) is 14.6 Å². The van der Waals surface area contributed by atoms with E-state index in [-0.39, 0.29) is 113 Å². The number of cyclic esters (lactones) is 1. The van der Waals surface area contributed by atoms with Crippen LogP contribution in [0.25, 0.3) is 22.3 Å². The Bertz CT molecular complexity index is 4940. The molecule has 686 valence electrons. The van der Waals surface area contributed by atoms with Crippen LogP contribution in [0.15, 0.2) is 53.3 Å². The van der Waals surface area contributed by atoms with Crippen molar-refractivity contribution in [2.75, 3.05) is 161 Å². The lowest BCUT2D eigenvalue weighted by Crippen LogP contribution is -2.53. The summed E-state index contributed by atoms with van der Waals surface area (Å²) in [6.07, 6.45) is 0.951. The van der Waals surface area contributed by atoms with E-state index in [9.17, 15) is 96.2 Å². The number of thiol groups is 1. The van der Waals surface area contributed by atoms with Crippen molar-refractivity contribution in [3.63, 3.8) is 0 Å².